The molecule has 0 amide bonds. The standard InChI is InChI=1S/C23H24N8/c1-26-9-17(7-24)16-6-21(23-18(8-25)11-28-31(23)12-16)15-2-5-22(27-10-15)30-13-19-3-4-20(14-30)29-19/h2,5-7,9-12,19-20,29H,3-4,13-14,24H2,1H3. The first kappa shape index (κ1) is 19.3. The fourth-order valence-corrected chi connectivity index (χ4v) is 4.65. The monoisotopic (exact) mass is 412 g/mol. The number of anilines is 1. The molecule has 3 aromatic heterocycles. The second-order valence-electron chi connectivity index (χ2n) is 8.06. The molecule has 0 aromatic carbocycles. The Morgan fingerprint density at radius 1 is 1.29 bits per heavy atom. The normalized spacial score (nSPS) is 21.2. The molecule has 2 aliphatic heterocycles. The Hall–Kier alpha value is -3.70. The maximum absolute atomic E-state index is 9.59. The zero-order valence-electron chi connectivity index (χ0n) is 17.4. The molecule has 156 valence electrons. The van der Waals surface area contributed by atoms with Gasteiger partial charge in [-0.2, -0.15) is 10.4 Å². The minimum absolute atomic E-state index is 0.520. The minimum Gasteiger partial charge on any atom is -0.404 e. The van der Waals surface area contributed by atoms with Crippen molar-refractivity contribution in [1.29, 1.82) is 5.26 Å². The van der Waals surface area contributed by atoms with Gasteiger partial charge in [-0.3, -0.25) is 4.99 Å². The summed E-state index contributed by atoms with van der Waals surface area (Å²) in [6, 6.07) is 9.51. The molecular formula is C23H24N8. The van der Waals surface area contributed by atoms with Crippen molar-refractivity contribution in [3.8, 4) is 17.2 Å². The van der Waals surface area contributed by atoms with E-state index in [1.54, 1.807) is 24.0 Å². The smallest absolute Gasteiger partial charge is 0.128 e. The summed E-state index contributed by atoms with van der Waals surface area (Å²) in [5.74, 6) is 0.990. The maximum Gasteiger partial charge on any atom is 0.128 e. The van der Waals surface area contributed by atoms with Gasteiger partial charge in [-0.1, -0.05) is 0 Å². The first-order valence-corrected chi connectivity index (χ1v) is 10.4. The van der Waals surface area contributed by atoms with Crippen LogP contribution < -0.4 is 16.0 Å². The van der Waals surface area contributed by atoms with Crippen LogP contribution >= 0.6 is 0 Å². The Bertz CT molecular complexity index is 1200. The molecule has 0 saturated carbocycles. The second-order valence-corrected chi connectivity index (χ2v) is 8.06. The number of hydrogen-bond donors (Lipinski definition) is 2. The summed E-state index contributed by atoms with van der Waals surface area (Å²) < 4.78 is 1.72. The van der Waals surface area contributed by atoms with E-state index >= 15 is 0 Å². The highest BCUT2D eigenvalue weighted by Crippen LogP contribution is 2.31. The topological polar surface area (TPSA) is 108 Å². The van der Waals surface area contributed by atoms with Gasteiger partial charge in [0.05, 0.1) is 17.3 Å². The number of fused-ring (bicyclic) bond motifs is 3. The molecule has 5 rings (SSSR count). The van der Waals surface area contributed by atoms with Crippen LogP contribution in [0.2, 0.25) is 0 Å². The number of nitriles is 1. The summed E-state index contributed by atoms with van der Waals surface area (Å²) in [5.41, 5.74) is 10.6. The highest BCUT2D eigenvalue weighted by Gasteiger charge is 2.32. The van der Waals surface area contributed by atoms with E-state index in [1.807, 2.05) is 18.5 Å². The zero-order valence-corrected chi connectivity index (χ0v) is 17.4. The van der Waals surface area contributed by atoms with Gasteiger partial charge in [-0.05, 0) is 31.0 Å². The summed E-state index contributed by atoms with van der Waals surface area (Å²) in [7, 11) is 1.70. The summed E-state index contributed by atoms with van der Waals surface area (Å²) in [5, 5.41) is 17.6. The molecule has 0 spiro atoms. The van der Waals surface area contributed by atoms with Gasteiger partial charge in [0, 0.05) is 79.3 Å². The van der Waals surface area contributed by atoms with E-state index in [-0.39, 0.29) is 0 Å². The van der Waals surface area contributed by atoms with Gasteiger partial charge in [0.15, 0.2) is 0 Å². The Morgan fingerprint density at radius 3 is 2.74 bits per heavy atom. The van der Waals surface area contributed by atoms with Gasteiger partial charge >= 0.3 is 0 Å². The van der Waals surface area contributed by atoms with Crippen molar-refractivity contribution in [2.24, 2.45) is 10.7 Å². The van der Waals surface area contributed by atoms with Crippen molar-refractivity contribution in [2.45, 2.75) is 24.9 Å². The Kier molecular flexibility index (Phi) is 4.88. The lowest BCUT2D eigenvalue weighted by Crippen LogP contribution is -2.51. The number of allylic oxidation sites excluding steroid dienone is 1. The van der Waals surface area contributed by atoms with Gasteiger partial charge in [0.2, 0.25) is 0 Å². The third-order valence-corrected chi connectivity index (χ3v) is 6.11. The van der Waals surface area contributed by atoms with Gasteiger partial charge in [0.25, 0.3) is 0 Å². The van der Waals surface area contributed by atoms with E-state index in [4.69, 9.17) is 10.7 Å². The van der Waals surface area contributed by atoms with Crippen LogP contribution in [0.3, 0.4) is 0 Å². The highest BCUT2D eigenvalue weighted by molar-refractivity contribution is 6.10. The molecule has 2 bridgehead atoms. The van der Waals surface area contributed by atoms with E-state index in [2.05, 4.69) is 38.5 Å². The number of aromatic nitrogens is 3. The second kappa shape index (κ2) is 7.85. The average Bonchev–Trinajstić information content (AvgIpc) is 3.38. The van der Waals surface area contributed by atoms with Crippen LogP contribution in [0.4, 0.5) is 5.82 Å². The fraction of sp³-hybridized carbons (Fsp3) is 0.304. The van der Waals surface area contributed by atoms with Crippen molar-refractivity contribution in [3.05, 3.63) is 54.1 Å². The molecule has 2 fully saturated rings. The predicted octanol–water partition coefficient (Wildman–Crippen LogP) is 2.21. The number of rotatable bonds is 4. The molecule has 5 heterocycles. The van der Waals surface area contributed by atoms with Gasteiger partial charge in [0.1, 0.15) is 11.9 Å². The molecule has 0 radical (unpaired) electrons. The van der Waals surface area contributed by atoms with E-state index in [0.717, 1.165) is 46.7 Å². The van der Waals surface area contributed by atoms with Crippen molar-refractivity contribution in [3.63, 3.8) is 0 Å². The number of nitrogens with one attached hydrogen (secondary N) is 1. The lowest BCUT2D eigenvalue weighted by atomic mass is 10.0. The largest absolute Gasteiger partial charge is 0.404 e. The maximum atomic E-state index is 9.59. The van der Waals surface area contributed by atoms with Crippen LogP contribution in [0.25, 0.3) is 22.2 Å². The third kappa shape index (κ3) is 3.43. The highest BCUT2D eigenvalue weighted by atomic mass is 15.3. The van der Waals surface area contributed by atoms with Crippen LogP contribution in [-0.4, -0.2) is 53.0 Å². The van der Waals surface area contributed by atoms with Crippen LogP contribution in [0, 0.1) is 11.3 Å². The minimum atomic E-state index is 0.520. The van der Waals surface area contributed by atoms with E-state index in [9.17, 15) is 5.26 Å². The molecule has 3 N–H and O–H groups in total. The molecule has 2 aliphatic rings. The molecule has 2 atom stereocenters. The summed E-state index contributed by atoms with van der Waals surface area (Å²) in [6.07, 6.45) is 11.0. The van der Waals surface area contributed by atoms with Crippen LogP contribution in [0.5, 0.6) is 0 Å². The average molecular weight is 413 g/mol. The molecular weight excluding hydrogens is 388 g/mol. The molecule has 31 heavy (non-hydrogen) atoms. The van der Waals surface area contributed by atoms with Crippen molar-refractivity contribution >= 4 is 23.1 Å². The molecule has 0 aliphatic carbocycles. The van der Waals surface area contributed by atoms with E-state index in [1.165, 1.54) is 19.0 Å². The Balaban J connectivity index is 1.57. The molecule has 2 saturated heterocycles. The summed E-state index contributed by atoms with van der Waals surface area (Å²) in [6.45, 7) is 1.98. The van der Waals surface area contributed by atoms with E-state index < -0.39 is 0 Å². The molecule has 2 unspecified atom stereocenters. The zero-order chi connectivity index (χ0) is 21.4. The quantitative estimate of drug-likeness (QED) is 0.636. The van der Waals surface area contributed by atoms with Crippen molar-refractivity contribution in [2.75, 3.05) is 25.0 Å². The Labute approximate surface area is 180 Å². The first-order chi connectivity index (χ1) is 15.2. The van der Waals surface area contributed by atoms with Crippen LogP contribution in [-0.2, 0) is 0 Å². The van der Waals surface area contributed by atoms with Crippen LogP contribution in [0.1, 0.15) is 24.0 Å². The lowest BCUT2D eigenvalue weighted by Gasteiger charge is -2.33. The number of piperazine rings is 1. The number of nitrogens with two attached hydrogens (primary N) is 1. The number of pyridine rings is 2. The lowest BCUT2D eigenvalue weighted by molar-refractivity contribution is 0.463. The number of nitrogens with zero attached hydrogens (tertiary/aromatic N) is 6. The predicted molar refractivity (Wildman–Crippen MR) is 122 cm³/mol. The summed E-state index contributed by atoms with van der Waals surface area (Å²) in [4.78, 5) is 11.2. The van der Waals surface area contributed by atoms with Gasteiger partial charge < -0.3 is 16.0 Å². The van der Waals surface area contributed by atoms with E-state index in [0.29, 0.717) is 17.6 Å². The SMILES string of the molecule is CN=CC(=CN)c1cc(-c2ccc(N3CC4CCC(C3)N4)nc2)c2c(C#N)cnn2c1. The number of aliphatic imine (C=N–C) groups is 1. The van der Waals surface area contributed by atoms with Crippen LogP contribution in [0.15, 0.2) is 48.0 Å². The third-order valence-electron chi connectivity index (χ3n) is 6.11. The van der Waals surface area contributed by atoms with Gasteiger partial charge in [-0.15, -0.1) is 0 Å². The Morgan fingerprint density at radius 2 is 2.10 bits per heavy atom. The molecule has 8 nitrogen and oxygen atoms in total. The summed E-state index contributed by atoms with van der Waals surface area (Å²) >= 11 is 0. The van der Waals surface area contributed by atoms with Crippen molar-refractivity contribution in [1.82, 2.24) is 19.9 Å². The number of hydrogen-bond acceptors (Lipinski definition) is 7. The first-order valence-electron chi connectivity index (χ1n) is 10.4. The molecule has 3 aromatic rings. The van der Waals surface area contributed by atoms with Crippen molar-refractivity contribution < 1.29 is 0 Å². The van der Waals surface area contributed by atoms with Gasteiger partial charge in [-0.25, -0.2) is 9.50 Å². The molecule has 8 heteroatoms. The fourth-order valence-electron chi connectivity index (χ4n) is 4.65.